The maximum Gasteiger partial charge on any atom is 0.260 e. The summed E-state index contributed by atoms with van der Waals surface area (Å²) in [5, 5.41) is 3.02. The van der Waals surface area contributed by atoms with Crippen molar-refractivity contribution in [3.8, 4) is 5.75 Å². The topological polar surface area (TPSA) is 38.3 Å². The van der Waals surface area contributed by atoms with Crippen LogP contribution in [0.5, 0.6) is 5.75 Å². The van der Waals surface area contributed by atoms with Crippen LogP contribution in [-0.4, -0.2) is 18.1 Å². The molecule has 1 N–H and O–H groups in total. The molecular weight excluding hydrogens is 286 g/mol. The molecule has 0 heterocycles. The van der Waals surface area contributed by atoms with Gasteiger partial charge in [-0.15, -0.1) is 0 Å². The maximum atomic E-state index is 12.2. The van der Waals surface area contributed by atoms with Crippen LogP contribution in [0.15, 0.2) is 54.6 Å². The third-order valence-electron chi connectivity index (χ3n) is 3.80. The van der Waals surface area contributed by atoms with Crippen molar-refractivity contribution in [1.82, 2.24) is 5.32 Å². The van der Waals surface area contributed by atoms with Crippen LogP contribution in [0.2, 0.25) is 0 Å². The Bertz CT molecular complexity index is 607. The van der Waals surface area contributed by atoms with Crippen molar-refractivity contribution < 1.29 is 9.53 Å². The van der Waals surface area contributed by atoms with E-state index in [0.29, 0.717) is 0 Å². The lowest BCUT2D eigenvalue weighted by molar-refractivity contribution is -0.127. The van der Waals surface area contributed by atoms with Crippen LogP contribution in [-0.2, 0) is 11.2 Å². The summed E-state index contributed by atoms with van der Waals surface area (Å²) < 4.78 is 5.68. The van der Waals surface area contributed by atoms with Gasteiger partial charge in [-0.3, -0.25) is 4.79 Å². The van der Waals surface area contributed by atoms with Crippen molar-refractivity contribution in [3.63, 3.8) is 0 Å². The Hall–Kier alpha value is -2.29. The first-order chi connectivity index (χ1) is 11.0. The Labute approximate surface area is 138 Å². The van der Waals surface area contributed by atoms with Gasteiger partial charge in [0.1, 0.15) is 5.75 Å². The summed E-state index contributed by atoms with van der Waals surface area (Å²) in [7, 11) is 0. The molecule has 0 aliphatic heterocycles. The first-order valence-electron chi connectivity index (χ1n) is 8.12. The molecule has 3 heteroatoms. The van der Waals surface area contributed by atoms with E-state index >= 15 is 0 Å². The molecule has 0 aliphatic rings. The Morgan fingerprint density at radius 1 is 1.04 bits per heavy atom. The van der Waals surface area contributed by atoms with Crippen molar-refractivity contribution in [1.29, 1.82) is 0 Å². The van der Waals surface area contributed by atoms with E-state index in [1.807, 2.05) is 56.3 Å². The summed E-state index contributed by atoms with van der Waals surface area (Å²) >= 11 is 0. The van der Waals surface area contributed by atoms with Gasteiger partial charge >= 0.3 is 0 Å². The van der Waals surface area contributed by atoms with Gasteiger partial charge in [0.2, 0.25) is 0 Å². The average Bonchev–Trinajstić information content (AvgIpc) is 2.56. The number of ether oxygens (including phenoxy) is 1. The minimum Gasteiger partial charge on any atom is -0.481 e. The van der Waals surface area contributed by atoms with Crippen molar-refractivity contribution in [2.24, 2.45) is 0 Å². The van der Waals surface area contributed by atoms with Gasteiger partial charge in [-0.1, -0.05) is 48.0 Å². The molecule has 0 aliphatic carbocycles. The molecule has 2 rings (SSSR count). The molecule has 0 unspecified atom stereocenters. The number of amides is 1. The zero-order valence-electron chi connectivity index (χ0n) is 14.1. The summed E-state index contributed by atoms with van der Waals surface area (Å²) in [6.07, 6.45) is 1.36. The predicted molar refractivity (Wildman–Crippen MR) is 93.6 cm³/mol. The Balaban J connectivity index is 1.77. The first kappa shape index (κ1) is 17.1. The van der Waals surface area contributed by atoms with Crippen LogP contribution >= 0.6 is 0 Å². The zero-order chi connectivity index (χ0) is 16.7. The second kappa shape index (κ2) is 8.37. The summed E-state index contributed by atoms with van der Waals surface area (Å²) in [6, 6.07) is 18.1. The number of benzene rings is 2. The number of nitrogens with one attached hydrogen (secondary N) is 1. The number of aryl methyl sites for hydroxylation is 2. The van der Waals surface area contributed by atoms with Crippen LogP contribution < -0.4 is 10.1 Å². The molecule has 0 fully saturated rings. The highest BCUT2D eigenvalue weighted by Gasteiger charge is 2.16. The van der Waals surface area contributed by atoms with Gasteiger partial charge < -0.3 is 10.1 Å². The molecule has 3 nitrogen and oxygen atoms in total. The van der Waals surface area contributed by atoms with Gasteiger partial charge in [0.05, 0.1) is 0 Å². The van der Waals surface area contributed by atoms with Gasteiger partial charge in [0.15, 0.2) is 6.10 Å². The van der Waals surface area contributed by atoms with Crippen molar-refractivity contribution in [2.45, 2.75) is 45.8 Å². The van der Waals surface area contributed by atoms with E-state index in [0.717, 1.165) is 18.6 Å². The Morgan fingerprint density at radius 2 is 1.70 bits per heavy atom. The van der Waals surface area contributed by atoms with Gasteiger partial charge in [-0.25, -0.2) is 0 Å². The lowest BCUT2D eigenvalue weighted by Crippen LogP contribution is -2.41. The van der Waals surface area contributed by atoms with Crippen LogP contribution in [0.3, 0.4) is 0 Å². The van der Waals surface area contributed by atoms with E-state index in [2.05, 4.69) is 17.4 Å². The van der Waals surface area contributed by atoms with Crippen molar-refractivity contribution >= 4 is 5.91 Å². The molecule has 122 valence electrons. The zero-order valence-corrected chi connectivity index (χ0v) is 14.1. The summed E-state index contributed by atoms with van der Waals surface area (Å²) in [4.78, 5) is 12.2. The van der Waals surface area contributed by atoms with Gasteiger partial charge in [0.25, 0.3) is 5.91 Å². The maximum absolute atomic E-state index is 12.2. The molecule has 0 bridgehead atoms. The number of hydrogen-bond acceptors (Lipinski definition) is 2. The number of rotatable bonds is 7. The van der Waals surface area contributed by atoms with Crippen LogP contribution in [0.25, 0.3) is 0 Å². The molecule has 2 atom stereocenters. The fourth-order valence-corrected chi connectivity index (χ4v) is 2.33. The molecule has 23 heavy (non-hydrogen) atoms. The fraction of sp³-hybridized carbons (Fsp3) is 0.350. The predicted octanol–water partition coefficient (Wildman–Crippen LogP) is 3.90. The SMILES string of the molecule is Cc1ccc(O[C@H](C)C(=O)N[C@H](C)CCc2ccccc2)cc1. The van der Waals surface area contributed by atoms with Gasteiger partial charge in [-0.2, -0.15) is 0 Å². The second-order valence-corrected chi connectivity index (χ2v) is 6.01. The highest BCUT2D eigenvalue weighted by atomic mass is 16.5. The molecule has 0 radical (unpaired) electrons. The van der Waals surface area contributed by atoms with E-state index in [-0.39, 0.29) is 11.9 Å². The lowest BCUT2D eigenvalue weighted by atomic mass is 10.1. The average molecular weight is 311 g/mol. The third kappa shape index (κ3) is 5.78. The first-order valence-corrected chi connectivity index (χ1v) is 8.12. The van der Waals surface area contributed by atoms with E-state index in [1.54, 1.807) is 6.92 Å². The molecular formula is C20H25NO2. The molecule has 2 aromatic carbocycles. The highest BCUT2D eigenvalue weighted by Crippen LogP contribution is 2.13. The number of carbonyl (C=O) groups excluding carboxylic acids is 1. The van der Waals surface area contributed by atoms with E-state index in [1.165, 1.54) is 11.1 Å². The Morgan fingerprint density at radius 3 is 2.35 bits per heavy atom. The quantitative estimate of drug-likeness (QED) is 0.842. The summed E-state index contributed by atoms with van der Waals surface area (Å²) in [5.41, 5.74) is 2.46. The summed E-state index contributed by atoms with van der Waals surface area (Å²) in [5.74, 6) is 0.640. The lowest BCUT2D eigenvalue weighted by Gasteiger charge is -2.19. The van der Waals surface area contributed by atoms with Crippen LogP contribution in [0, 0.1) is 6.92 Å². The van der Waals surface area contributed by atoms with Gasteiger partial charge in [-0.05, 0) is 51.3 Å². The Kier molecular flexibility index (Phi) is 6.21. The smallest absolute Gasteiger partial charge is 0.260 e. The molecule has 0 spiro atoms. The minimum absolute atomic E-state index is 0.0777. The minimum atomic E-state index is -0.503. The standard InChI is InChI=1S/C20H25NO2/c1-15-9-13-19(14-10-15)23-17(3)20(22)21-16(2)11-12-18-7-5-4-6-8-18/h4-10,13-14,16-17H,11-12H2,1-3H3,(H,21,22)/t16-,17-/m1/s1. The third-order valence-corrected chi connectivity index (χ3v) is 3.80. The van der Waals surface area contributed by atoms with Gasteiger partial charge in [0, 0.05) is 6.04 Å². The highest BCUT2D eigenvalue weighted by molar-refractivity contribution is 5.80. The normalized spacial score (nSPS) is 13.2. The summed E-state index contributed by atoms with van der Waals surface area (Å²) in [6.45, 7) is 5.83. The van der Waals surface area contributed by atoms with Crippen molar-refractivity contribution in [2.75, 3.05) is 0 Å². The second-order valence-electron chi connectivity index (χ2n) is 6.01. The number of carbonyl (C=O) groups is 1. The van der Waals surface area contributed by atoms with E-state index < -0.39 is 6.10 Å². The van der Waals surface area contributed by atoms with Crippen molar-refractivity contribution in [3.05, 3.63) is 65.7 Å². The molecule has 0 saturated heterocycles. The molecule has 0 aromatic heterocycles. The molecule has 2 aromatic rings. The largest absolute Gasteiger partial charge is 0.481 e. The number of hydrogen-bond donors (Lipinski definition) is 1. The molecule has 0 saturated carbocycles. The van der Waals surface area contributed by atoms with Crippen LogP contribution in [0.1, 0.15) is 31.4 Å². The van der Waals surface area contributed by atoms with E-state index in [9.17, 15) is 4.79 Å². The van der Waals surface area contributed by atoms with Crippen LogP contribution in [0.4, 0.5) is 0 Å². The van der Waals surface area contributed by atoms with E-state index in [4.69, 9.17) is 4.74 Å². The molecule has 1 amide bonds. The monoisotopic (exact) mass is 311 g/mol. The fourth-order valence-electron chi connectivity index (χ4n) is 2.33.